The molecule has 0 fully saturated rings. The molecule has 28 nitrogen and oxygen atoms in total. The van der Waals surface area contributed by atoms with Crippen molar-refractivity contribution in [2.75, 3.05) is 38.2 Å². The Hall–Kier alpha value is -7.79. The fraction of sp³-hybridized carbons (Fsp3) is 0.596. The lowest BCUT2D eigenvalue weighted by atomic mass is 10.0. The molecule has 1 aromatic heterocycles. The summed E-state index contributed by atoms with van der Waals surface area (Å²) in [5.41, 5.74) is 15.7. The molecule has 0 saturated heterocycles. The maximum atomic E-state index is 14.7. The summed E-state index contributed by atoms with van der Waals surface area (Å²) in [5.74, 6) is -7.65. The monoisotopic (exact) mass is 1160 g/mol. The van der Waals surface area contributed by atoms with E-state index in [9.17, 15) is 57.5 Å². The van der Waals surface area contributed by atoms with Crippen molar-refractivity contribution in [1.82, 2.24) is 53.2 Å². The number of unbranched alkanes of at least 4 members (excludes halogenated alkanes) is 2. The van der Waals surface area contributed by atoms with Crippen molar-refractivity contribution in [3.63, 3.8) is 0 Å². The number of benzene rings is 1. The van der Waals surface area contributed by atoms with Gasteiger partial charge in [-0.15, -0.1) is 0 Å². The minimum absolute atomic E-state index is 0.00166. The van der Waals surface area contributed by atoms with E-state index in [-0.39, 0.29) is 52.9 Å². The molecule has 1 aromatic carbocycles. The number of nitrogens with two attached hydrogens (primary N) is 3. The molecule has 0 saturated carbocycles. The van der Waals surface area contributed by atoms with Crippen molar-refractivity contribution in [3.05, 3.63) is 34.7 Å². The molecule has 29 heteroatoms. The van der Waals surface area contributed by atoms with Crippen molar-refractivity contribution < 1.29 is 61.9 Å². The number of nitrogens with zero attached hydrogens (tertiary/aromatic N) is 1. The average molecular weight is 1160 g/mol. The van der Waals surface area contributed by atoms with Gasteiger partial charge in [0, 0.05) is 24.4 Å². The molecule has 0 bridgehead atoms. The zero-order valence-corrected chi connectivity index (χ0v) is 48.5. The molecule has 16 N–H and O–H groups in total. The molecular formula is C52H82N14O14S. The van der Waals surface area contributed by atoms with E-state index in [0.29, 0.717) is 44.4 Å². The molecule has 0 unspecified atom stereocenters. The second kappa shape index (κ2) is 34.4. The molecule has 0 aliphatic carbocycles. The van der Waals surface area contributed by atoms with Crippen LogP contribution in [0.2, 0.25) is 0 Å². The number of methoxy groups -OCH3 is 1. The summed E-state index contributed by atoms with van der Waals surface area (Å²) in [6.07, 6.45) is 2.19. The number of nitrogens with one attached hydrogen (secondary N) is 10. The van der Waals surface area contributed by atoms with Gasteiger partial charge < -0.3 is 79.5 Å². The molecular weight excluding hydrogens is 1080 g/mol. The fourth-order valence-electron chi connectivity index (χ4n) is 7.88. The van der Waals surface area contributed by atoms with Gasteiger partial charge in [-0.05, 0) is 118 Å². The van der Waals surface area contributed by atoms with Crippen LogP contribution in [0.5, 0.6) is 5.75 Å². The normalized spacial score (nSPS) is 14.3. The standard InChI is InChI=1S/C52H82N14O14S/c1-26(2)21-38(63-33(9)67)50(77)61-31(7)51(81)62-30(6)47(74)64-36(15-11-13-19-53)49(76)60-27(3)44(71)57-25-42(69)58-28(4)45(72)59-29(5)46(73)65-37(16-12-14-20-54)52(78)66(32(8)48(75)56-24-41(55)68)39-23-43(70)80-40-22-34(79-10)17-18-35(39)40/h17-18,22-23,26-32,36-38H,11-16,19-21,24-25,53-54H2,1-10H3,(H2,55,68)(H,56,75)(H,57,71)(H,58,69)(H,59,72)(H,60,76)(H,61,77)(H,62,81)(H,63,67)(H,64,74)(H,65,73)/t27-,28-,29-,30-,31-,32-,36-,37-,38-/m0/s1. The third-order valence-corrected chi connectivity index (χ3v) is 12.8. The van der Waals surface area contributed by atoms with Crippen LogP contribution < -0.4 is 85.6 Å². The van der Waals surface area contributed by atoms with Crippen molar-refractivity contribution >= 4 is 98.8 Å². The van der Waals surface area contributed by atoms with E-state index in [1.165, 1.54) is 66.9 Å². The average Bonchev–Trinajstić information content (AvgIpc) is 3.45. The van der Waals surface area contributed by atoms with Gasteiger partial charge in [-0.2, -0.15) is 0 Å². The molecule has 11 amide bonds. The number of thiocarbonyl (C=S) groups is 1. The van der Waals surface area contributed by atoms with Gasteiger partial charge in [-0.1, -0.05) is 26.1 Å². The van der Waals surface area contributed by atoms with E-state index in [1.807, 2.05) is 13.8 Å². The van der Waals surface area contributed by atoms with E-state index < -0.39 is 132 Å². The number of fused-ring (bicyclic) bond motifs is 1. The molecule has 2 rings (SSSR count). The SMILES string of the molecule is COc1ccc2c(N(C(=O)[C@H](CCCCN)NC(=O)[C@H](C)NC(=O)[C@H](C)NC(=O)CNC(=O)[C@H](C)NC(=O)[C@H](CCCCN)NC(=O)[C@H](C)NC(=S)[C@H](C)NC(=O)[C@H](CC(C)C)NC(C)=O)[C@@H](C)C(=O)NCC(N)=O)cc(=O)oc2c1. The highest BCUT2D eigenvalue weighted by Crippen LogP contribution is 2.31. The molecule has 9 atom stereocenters. The lowest BCUT2D eigenvalue weighted by Crippen LogP contribution is -2.59. The van der Waals surface area contributed by atoms with Gasteiger partial charge in [0.1, 0.15) is 59.7 Å². The van der Waals surface area contributed by atoms with Gasteiger partial charge >= 0.3 is 5.63 Å². The number of ether oxygens (including phenoxy) is 1. The van der Waals surface area contributed by atoms with Crippen molar-refractivity contribution in [1.29, 1.82) is 0 Å². The molecule has 81 heavy (non-hydrogen) atoms. The Bertz CT molecular complexity index is 2640. The van der Waals surface area contributed by atoms with E-state index in [2.05, 4.69) is 53.2 Å². The molecule has 2 aromatic rings. The summed E-state index contributed by atoms with van der Waals surface area (Å²) in [6.45, 7) is 12.8. The number of hydrogen-bond donors (Lipinski definition) is 13. The zero-order valence-electron chi connectivity index (χ0n) is 47.7. The number of rotatable bonds is 34. The molecule has 0 spiro atoms. The van der Waals surface area contributed by atoms with Crippen LogP contribution in [-0.4, -0.2) is 158 Å². The summed E-state index contributed by atoms with van der Waals surface area (Å²) >= 11 is 5.45. The summed E-state index contributed by atoms with van der Waals surface area (Å²) in [6, 6.07) is -4.86. The largest absolute Gasteiger partial charge is 0.497 e. The third-order valence-electron chi connectivity index (χ3n) is 12.4. The van der Waals surface area contributed by atoms with Crippen LogP contribution in [0, 0.1) is 5.92 Å². The predicted octanol–water partition coefficient (Wildman–Crippen LogP) is -2.66. The highest BCUT2D eigenvalue weighted by atomic mass is 32.1. The summed E-state index contributed by atoms with van der Waals surface area (Å²) < 4.78 is 10.6. The van der Waals surface area contributed by atoms with Gasteiger partial charge in [0.2, 0.25) is 65.0 Å². The highest BCUT2D eigenvalue weighted by Gasteiger charge is 2.36. The highest BCUT2D eigenvalue weighted by molar-refractivity contribution is 7.80. The van der Waals surface area contributed by atoms with Crippen molar-refractivity contribution in [3.8, 4) is 5.75 Å². The van der Waals surface area contributed by atoms with E-state index >= 15 is 0 Å². The molecule has 0 aliphatic heterocycles. The van der Waals surface area contributed by atoms with Crippen LogP contribution in [0.4, 0.5) is 5.69 Å². The topological polar surface area (TPSA) is 429 Å². The van der Waals surface area contributed by atoms with Crippen molar-refractivity contribution in [2.45, 2.75) is 162 Å². The summed E-state index contributed by atoms with van der Waals surface area (Å²) in [5, 5.41) is 25.8. The minimum atomic E-state index is -1.41. The first-order valence-corrected chi connectivity index (χ1v) is 27.0. The third kappa shape index (κ3) is 23.4. The Kier molecular flexibility index (Phi) is 29.4. The number of hydrogen-bond acceptors (Lipinski definition) is 17. The van der Waals surface area contributed by atoms with E-state index in [4.69, 9.17) is 38.6 Å². The number of carbonyl (C=O) groups is 11. The number of carbonyl (C=O) groups excluding carboxylic acids is 11. The van der Waals surface area contributed by atoms with Crippen LogP contribution in [0.25, 0.3) is 11.0 Å². The Morgan fingerprint density at radius 3 is 1.67 bits per heavy atom. The van der Waals surface area contributed by atoms with Crippen LogP contribution in [0.15, 0.2) is 33.5 Å². The number of primary amides is 1. The predicted molar refractivity (Wildman–Crippen MR) is 304 cm³/mol. The molecule has 0 radical (unpaired) electrons. The van der Waals surface area contributed by atoms with Crippen molar-refractivity contribution in [2.24, 2.45) is 23.1 Å². The van der Waals surface area contributed by atoms with Crippen LogP contribution in [-0.2, 0) is 52.7 Å². The second-order valence-electron chi connectivity index (χ2n) is 19.9. The lowest BCUT2D eigenvalue weighted by molar-refractivity contribution is -0.134. The smallest absolute Gasteiger partial charge is 0.338 e. The molecule has 0 aliphatic rings. The quantitative estimate of drug-likeness (QED) is 0.0193. The molecule has 450 valence electrons. The maximum absolute atomic E-state index is 14.7. The second-order valence-corrected chi connectivity index (χ2v) is 20.3. The first kappa shape index (κ1) is 69.3. The summed E-state index contributed by atoms with van der Waals surface area (Å²) in [4.78, 5) is 158. The Labute approximate surface area is 475 Å². The van der Waals surface area contributed by atoms with Gasteiger partial charge in [0.25, 0.3) is 0 Å². The van der Waals surface area contributed by atoms with Gasteiger partial charge in [0.05, 0.1) is 36.9 Å². The van der Waals surface area contributed by atoms with E-state index in [1.54, 1.807) is 6.92 Å². The first-order valence-electron chi connectivity index (χ1n) is 26.6. The van der Waals surface area contributed by atoms with Crippen LogP contribution in [0.1, 0.15) is 107 Å². The lowest BCUT2D eigenvalue weighted by Gasteiger charge is -2.33. The summed E-state index contributed by atoms with van der Waals surface area (Å²) in [7, 11) is 1.39. The Morgan fingerprint density at radius 2 is 1.10 bits per heavy atom. The maximum Gasteiger partial charge on any atom is 0.338 e. The minimum Gasteiger partial charge on any atom is -0.497 e. The zero-order chi connectivity index (χ0) is 61.3. The van der Waals surface area contributed by atoms with Crippen LogP contribution in [0.3, 0.4) is 0 Å². The number of anilines is 1. The first-order chi connectivity index (χ1) is 38.0. The number of amides is 11. The van der Waals surface area contributed by atoms with Gasteiger partial charge in [-0.3, -0.25) is 57.6 Å². The van der Waals surface area contributed by atoms with Crippen LogP contribution >= 0.6 is 12.2 Å². The van der Waals surface area contributed by atoms with Gasteiger partial charge in [-0.25, -0.2) is 4.79 Å². The fourth-order valence-corrected chi connectivity index (χ4v) is 8.11. The Morgan fingerprint density at radius 1 is 0.593 bits per heavy atom. The van der Waals surface area contributed by atoms with E-state index in [0.717, 1.165) is 11.0 Å². The van der Waals surface area contributed by atoms with Gasteiger partial charge in [0.15, 0.2) is 0 Å². The Balaban J connectivity index is 2.12. The molecule has 1 heterocycles.